The number of amides is 2. The number of nitrogens with two attached hydrogens (primary N) is 1. The first-order chi connectivity index (χ1) is 11.5. The van der Waals surface area contributed by atoms with Gasteiger partial charge in [0.1, 0.15) is 0 Å². The molecule has 0 spiro atoms. The fourth-order valence-corrected chi connectivity index (χ4v) is 2.77. The van der Waals surface area contributed by atoms with Crippen molar-refractivity contribution in [1.82, 2.24) is 4.90 Å². The molecule has 3 rings (SSSR count). The Bertz CT molecular complexity index is 738. The summed E-state index contributed by atoms with van der Waals surface area (Å²) in [6.07, 6.45) is 3.09. The zero-order valence-electron chi connectivity index (χ0n) is 14.0. The first kappa shape index (κ1) is 19.0. The Balaban J connectivity index is 0.00000225. The molecule has 0 bridgehead atoms. The van der Waals surface area contributed by atoms with Gasteiger partial charge in [0.05, 0.1) is 6.26 Å². The Morgan fingerprint density at radius 1 is 1.24 bits per heavy atom. The molecular weight excluding hydrogens is 342 g/mol. The van der Waals surface area contributed by atoms with Gasteiger partial charge in [-0.1, -0.05) is 6.07 Å². The maximum atomic E-state index is 12.6. The van der Waals surface area contributed by atoms with E-state index in [1.54, 1.807) is 24.3 Å². The SMILES string of the molecule is Cc1ccc(C(=O)N2CCC(N)CC2)cc1NC(=O)c1ccco1.Cl. The van der Waals surface area contributed by atoms with E-state index in [2.05, 4.69) is 5.32 Å². The fraction of sp³-hybridized carbons (Fsp3) is 0.333. The lowest BCUT2D eigenvalue weighted by atomic mass is 10.0. The molecule has 3 N–H and O–H groups in total. The van der Waals surface area contributed by atoms with E-state index in [1.165, 1.54) is 6.26 Å². The molecule has 1 saturated heterocycles. The number of furan rings is 1. The number of aryl methyl sites for hydroxylation is 1. The van der Waals surface area contributed by atoms with Crippen molar-refractivity contribution in [2.45, 2.75) is 25.8 Å². The van der Waals surface area contributed by atoms with Gasteiger partial charge in [-0.3, -0.25) is 9.59 Å². The second-order valence-electron chi connectivity index (χ2n) is 6.09. The molecule has 1 aliphatic rings. The molecule has 7 heteroatoms. The van der Waals surface area contributed by atoms with Gasteiger partial charge in [0.25, 0.3) is 11.8 Å². The third-order valence-corrected chi connectivity index (χ3v) is 4.30. The number of hydrogen-bond donors (Lipinski definition) is 2. The highest BCUT2D eigenvalue weighted by Gasteiger charge is 2.22. The van der Waals surface area contributed by atoms with Gasteiger partial charge in [-0.15, -0.1) is 12.4 Å². The number of nitrogens with zero attached hydrogens (tertiary/aromatic N) is 1. The molecule has 1 aliphatic heterocycles. The molecular formula is C18H22ClN3O3. The summed E-state index contributed by atoms with van der Waals surface area (Å²) in [5.74, 6) is -0.136. The smallest absolute Gasteiger partial charge is 0.291 e. The zero-order valence-corrected chi connectivity index (χ0v) is 14.8. The van der Waals surface area contributed by atoms with Crippen LogP contribution in [0, 0.1) is 6.92 Å². The van der Waals surface area contributed by atoms with Gasteiger partial charge in [-0.25, -0.2) is 0 Å². The van der Waals surface area contributed by atoms with Crippen LogP contribution in [0.5, 0.6) is 0 Å². The summed E-state index contributed by atoms with van der Waals surface area (Å²) < 4.78 is 5.09. The van der Waals surface area contributed by atoms with E-state index in [9.17, 15) is 9.59 Å². The number of piperidine rings is 1. The van der Waals surface area contributed by atoms with Gasteiger partial charge in [0.2, 0.25) is 0 Å². The molecule has 6 nitrogen and oxygen atoms in total. The summed E-state index contributed by atoms with van der Waals surface area (Å²) in [6, 6.07) is 8.76. The highest BCUT2D eigenvalue weighted by molar-refractivity contribution is 6.03. The summed E-state index contributed by atoms with van der Waals surface area (Å²) in [6.45, 7) is 3.22. The highest BCUT2D eigenvalue weighted by Crippen LogP contribution is 2.20. The molecule has 134 valence electrons. The Labute approximate surface area is 152 Å². The minimum absolute atomic E-state index is 0. The molecule has 2 aromatic rings. The Kier molecular flexibility index (Phi) is 6.22. The van der Waals surface area contributed by atoms with Crippen molar-refractivity contribution in [3.8, 4) is 0 Å². The van der Waals surface area contributed by atoms with Crippen LogP contribution in [0.3, 0.4) is 0 Å². The molecule has 2 heterocycles. The molecule has 25 heavy (non-hydrogen) atoms. The molecule has 0 unspecified atom stereocenters. The average Bonchev–Trinajstić information content (AvgIpc) is 3.11. The lowest BCUT2D eigenvalue weighted by Crippen LogP contribution is -2.42. The van der Waals surface area contributed by atoms with Crippen LogP contribution in [0.1, 0.15) is 39.3 Å². The standard InChI is InChI=1S/C18H21N3O3.ClH/c1-12-4-5-13(18(23)21-8-6-14(19)7-9-21)11-15(12)20-17(22)16-3-2-10-24-16;/h2-5,10-11,14H,6-9,19H2,1H3,(H,20,22);1H. The quantitative estimate of drug-likeness (QED) is 0.877. The Morgan fingerprint density at radius 2 is 1.96 bits per heavy atom. The van der Waals surface area contributed by atoms with Gasteiger partial charge >= 0.3 is 0 Å². The van der Waals surface area contributed by atoms with Gasteiger partial charge in [-0.2, -0.15) is 0 Å². The molecule has 0 radical (unpaired) electrons. The summed E-state index contributed by atoms with van der Waals surface area (Å²) >= 11 is 0. The molecule has 2 amide bonds. The molecule has 0 aliphatic carbocycles. The molecule has 1 fully saturated rings. The minimum Gasteiger partial charge on any atom is -0.459 e. The molecule has 1 aromatic heterocycles. The lowest BCUT2D eigenvalue weighted by molar-refractivity contribution is 0.0714. The zero-order chi connectivity index (χ0) is 17.1. The number of anilines is 1. The number of rotatable bonds is 3. The fourth-order valence-electron chi connectivity index (χ4n) is 2.77. The van der Waals surface area contributed by atoms with Crippen molar-refractivity contribution in [1.29, 1.82) is 0 Å². The van der Waals surface area contributed by atoms with Crippen molar-refractivity contribution < 1.29 is 14.0 Å². The first-order valence-corrected chi connectivity index (χ1v) is 8.05. The van der Waals surface area contributed by atoms with Crippen molar-refractivity contribution in [3.05, 3.63) is 53.5 Å². The maximum Gasteiger partial charge on any atom is 0.291 e. The van der Waals surface area contributed by atoms with Crippen LogP contribution >= 0.6 is 12.4 Å². The monoisotopic (exact) mass is 363 g/mol. The summed E-state index contributed by atoms with van der Waals surface area (Å²) in [4.78, 5) is 26.6. The minimum atomic E-state index is -0.336. The van der Waals surface area contributed by atoms with E-state index in [4.69, 9.17) is 10.2 Å². The predicted molar refractivity (Wildman–Crippen MR) is 98.2 cm³/mol. The number of benzene rings is 1. The number of carbonyl (C=O) groups is 2. The molecule has 0 saturated carbocycles. The van der Waals surface area contributed by atoms with E-state index < -0.39 is 0 Å². The second kappa shape index (κ2) is 8.18. The van der Waals surface area contributed by atoms with Crippen LogP contribution in [0.2, 0.25) is 0 Å². The van der Waals surface area contributed by atoms with E-state index in [0.717, 1.165) is 18.4 Å². The van der Waals surface area contributed by atoms with E-state index in [0.29, 0.717) is 24.3 Å². The third kappa shape index (κ3) is 4.41. The lowest BCUT2D eigenvalue weighted by Gasteiger charge is -2.30. The van der Waals surface area contributed by atoms with Gasteiger partial charge < -0.3 is 20.4 Å². The van der Waals surface area contributed by atoms with E-state index in [1.807, 2.05) is 17.9 Å². The van der Waals surface area contributed by atoms with E-state index in [-0.39, 0.29) is 36.0 Å². The van der Waals surface area contributed by atoms with Crippen molar-refractivity contribution in [2.24, 2.45) is 5.73 Å². The van der Waals surface area contributed by atoms with Crippen LogP contribution in [0.25, 0.3) is 0 Å². The van der Waals surface area contributed by atoms with Gasteiger partial charge in [-0.05, 0) is 49.6 Å². The maximum absolute atomic E-state index is 12.6. The van der Waals surface area contributed by atoms with Crippen molar-refractivity contribution in [3.63, 3.8) is 0 Å². The molecule has 1 aromatic carbocycles. The number of hydrogen-bond acceptors (Lipinski definition) is 4. The highest BCUT2D eigenvalue weighted by atomic mass is 35.5. The van der Waals surface area contributed by atoms with Crippen molar-refractivity contribution in [2.75, 3.05) is 18.4 Å². The summed E-state index contributed by atoms with van der Waals surface area (Å²) in [5, 5.41) is 2.79. The van der Waals surface area contributed by atoms with Gasteiger partial charge in [0, 0.05) is 30.4 Å². The largest absolute Gasteiger partial charge is 0.459 e. The summed E-state index contributed by atoms with van der Waals surface area (Å²) in [5.41, 5.74) is 7.94. The van der Waals surface area contributed by atoms with Crippen LogP contribution in [-0.2, 0) is 0 Å². The second-order valence-corrected chi connectivity index (χ2v) is 6.09. The number of likely N-dealkylation sites (tertiary alicyclic amines) is 1. The normalized spacial score (nSPS) is 14.7. The molecule has 0 atom stereocenters. The van der Waals surface area contributed by atoms with Crippen LogP contribution < -0.4 is 11.1 Å². The third-order valence-electron chi connectivity index (χ3n) is 4.30. The van der Waals surface area contributed by atoms with Gasteiger partial charge in [0.15, 0.2) is 5.76 Å². The van der Waals surface area contributed by atoms with Crippen LogP contribution in [-0.4, -0.2) is 35.8 Å². The van der Waals surface area contributed by atoms with Crippen molar-refractivity contribution >= 4 is 29.9 Å². The Hall–Kier alpha value is -2.31. The average molecular weight is 364 g/mol. The topological polar surface area (TPSA) is 88.6 Å². The number of carbonyl (C=O) groups excluding carboxylic acids is 2. The Morgan fingerprint density at radius 3 is 2.60 bits per heavy atom. The first-order valence-electron chi connectivity index (χ1n) is 8.05. The number of nitrogens with one attached hydrogen (secondary N) is 1. The van der Waals surface area contributed by atoms with Crippen LogP contribution in [0.4, 0.5) is 5.69 Å². The summed E-state index contributed by atoms with van der Waals surface area (Å²) in [7, 11) is 0. The van der Waals surface area contributed by atoms with E-state index >= 15 is 0 Å². The van der Waals surface area contributed by atoms with Crippen LogP contribution in [0.15, 0.2) is 41.0 Å². The number of halogens is 1. The predicted octanol–water partition coefficient (Wildman–Crippen LogP) is 2.83.